The predicted octanol–water partition coefficient (Wildman–Crippen LogP) is 35.0. The van der Waals surface area contributed by atoms with Crippen LogP contribution in [0.4, 0.5) is 0 Å². The minimum atomic E-state index is -2.51. The molecule has 0 spiro atoms. The fourth-order valence-electron chi connectivity index (χ4n) is 21.5. The van der Waals surface area contributed by atoms with Gasteiger partial charge in [-0.1, -0.05) is 193 Å². The summed E-state index contributed by atoms with van der Waals surface area (Å²) in [5, 5.41) is 9.69. The van der Waals surface area contributed by atoms with Crippen molar-refractivity contribution >= 4 is 164 Å². The average Bonchev–Trinajstić information content (AvgIpc) is 1.59. The number of fused-ring (bicyclic) bond motifs is 17. The Labute approximate surface area is 859 Å². The van der Waals surface area contributed by atoms with Crippen LogP contribution < -0.4 is 0 Å². The molecule has 0 N–H and O–H groups in total. The van der Waals surface area contributed by atoms with Gasteiger partial charge >= 0.3 is 0 Å². The predicted molar refractivity (Wildman–Crippen MR) is 603 cm³/mol. The van der Waals surface area contributed by atoms with Gasteiger partial charge in [0.25, 0.3) is 0 Å². The number of benzene rings is 20. The van der Waals surface area contributed by atoms with Crippen molar-refractivity contribution in [1.82, 2.24) is 53.2 Å². The number of aromatic nitrogens is 11. The van der Waals surface area contributed by atoms with E-state index >= 15 is 0 Å². The lowest BCUT2D eigenvalue weighted by atomic mass is 9.94. The molecular weight excluding hydrogens is 1840 g/mol. The first-order valence-corrected chi connectivity index (χ1v) is 49.9. The zero-order valence-electron chi connectivity index (χ0n) is 86.2. The molecule has 0 atom stereocenters. The number of aryl methyl sites for hydroxylation is 6. The molecule has 0 saturated carbocycles. The highest BCUT2D eigenvalue weighted by Gasteiger charge is 2.27. The summed E-state index contributed by atoms with van der Waals surface area (Å²) in [6.45, 7) is 3.24. The SMILES string of the molecule is Cc1cc(C)c(-c2ccc(-n3c4ccc(-c5nc6ccccc6o5)cc4c4cc(-c5nc6ccccc6o5)ccc43)cc2)c(C)c1.[2H]C([2H])([2H])c1cc(C)cc(C([2H])([2H])[2H])c1-c1ccc(-n2c3ccc(-c4nc5ccccc5o4)cc3c3cc(-c4nc5ccccc5o4)ccc32)cc1.c1ccc(-n2c(-n3c4ccc(-c5nc6ccc(-c7ccc8ccccc8c7)cc6o5)cc4c4cc(-c5nc6ccccc6s5)ccc43)nc3ccccc32)cc1. The number of rotatable bonds is 13. The molecule has 10 heterocycles. The summed E-state index contributed by atoms with van der Waals surface area (Å²) >= 11 is 1.71. The van der Waals surface area contributed by atoms with Gasteiger partial charge < -0.3 is 31.2 Å². The molecule has 17 heteroatoms. The van der Waals surface area contributed by atoms with E-state index in [9.17, 15) is 0 Å². The Balaban J connectivity index is 0.000000111. The minimum Gasteiger partial charge on any atom is -0.436 e. The Hall–Kier alpha value is -19.2. The van der Waals surface area contributed by atoms with Crippen molar-refractivity contribution in [2.24, 2.45) is 0 Å². The van der Waals surface area contributed by atoms with Gasteiger partial charge in [0, 0.05) is 91.0 Å². The zero-order chi connectivity index (χ0) is 104. The number of hydrogen-bond acceptors (Lipinski definition) is 13. The van der Waals surface area contributed by atoms with Crippen LogP contribution in [0.5, 0.6) is 0 Å². The summed E-state index contributed by atoms with van der Waals surface area (Å²) in [6.07, 6.45) is 0. The van der Waals surface area contributed by atoms with Crippen molar-refractivity contribution in [1.29, 1.82) is 0 Å². The van der Waals surface area contributed by atoms with E-state index in [2.05, 4.69) is 282 Å². The van der Waals surface area contributed by atoms with Crippen LogP contribution in [0.25, 0.3) is 277 Å². The number of nitrogens with zero attached hydrogens (tertiary/aromatic N) is 11. The van der Waals surface area contributed by atoms with E-state index in [1.807, 2.05) is 152 Å². The fraction of sp³-hybridized carbons (Fsp3) is 0.0458. The monoisotopic (exact) mass is 1930 g/mol. The highest BCUT2D eigenvalue weighted by atomic mass is 32.1. The molecule has 20 aromatic carbocycles. The Morgan fingerprint density at radius 1 is 0.216 bits per heavy atom. The molecule has 0 unspecified atom stereocenters. The number of thiazole rings is 1. The summed E-state index contributed by atoms with van der Waals surface area (Å²) < 4.78 is 90.8. The lowest BCUT2D eigenvalue weighted by Crippen LogP contribution is -2.05. The van der Waals surface area contributed by atoms with Crippen LogP contribution in [0.3, 0.4) is 0 Å². The summed E-state index contributed by atoms with van der Waals surface area (Å²) in [4.78, 5) is 34.3. The Bertz CT molecular complexity index is 10400. The van der Waals surface area contributed by atoms with E-state index in [4.69, 9.17) is 65.2 Å². The summed E-state index contributed by atoms with van der Waals surface area (Å²) in [6, 6.07) is 142. The third-order valence-corrected chi connectivity index (χ3v) is 29.3. The Morgan fingerprint density at radius 2 is 0.547 bits per heavy atom. The lowest BCUT2D eigenvalue weighted by Gasteiger charge is -2.13. The van der Waals surface area contributed by atoms with Crippen LogP contribution in [0.1, 0.15) is 41.6 Å². The van der Waals surface area contributed by atoms with E-state index < -0.39 is 13.7 Å². The minimum absolute atomic E-state index is 0.0155. The highest BCUT2D eigenvalue weighted by Crippen LogP contribution is 2.47. The first kappa shape index (κ1) is 80.3. The summed E-state index contributed by atoms with van der Waals surface area (Å²) in [5.74, 6) is 3.63. The van der Waals surface area contributed by atoms with Crippen LogP contribution in [0, 0.1) is 41.4 Å². The standard InChI is InChI=1S/C49H29N5OS.2C41H29N3O2/c1-2-12-36(13-3-1)53-44-16-8-6-14-39(44)52-49(53)54-42-24-21-34(27-37(42)38-28-35(22-25-43(38)54)48-51-41-15-7-9-17-46(41)56-48)47-50-40-23-20-33(29-45(40)55-47)32-19-18-30-10-4-5-11-31(30)26-32;2*1-24-20-25(2)39(26(3)21-24)27-12-16-30(17-13-27)44-35-18-14-28(40-42-33-8-4-6-10-37(33)45-40)22-31(35)32-23-29(15-19-36(32)44)41-43-34-9-5-7-11-38(34)46-41/h1-29H;2*4-23H,1-3H3/i;2D3,3D3;. The Morgan fingerprint density at radius 3 is 0.993 bits per heavy atom. The second-order valence-corrected chi connectivity index (χ2v) is 38.8. The first-order chi connectivity index (χ1) is 75.1. The van der Waals surface area contributed by atoms with Gasteiger partial charge in [-0.2, -0.15) is 0 Å². The van der Waals surface area contributed by atoms with E-state index in [0.29, 0.717) is 51.7 Å². The molecule has 0 bridgehead atoms. The maximum absolute atomic E-state index is 8.24. The van der Waals surface area contributed by atoms with Gasteiger partial charge in [0.05, 0.1) is 54.4 Å². The number of oxazole rings is 5. The van der Waals surface area contributed by atoms with Gasteiger partial charge in [0.1, 0.15) is 32.6 Å². The number of imidazole rings is 1. The van der Waals surface area contributed by atoms with E-state index in [-0.39, 0.29) is 16.7 Å². The van der Waals surface area contributed by atoms with Crippen molar-refractivity contribution in [3.05, 3.63) is 452 Å². The summed E-state index contributed by atoms with van der Waals surface area (Å²) in [5.41, 5.74) is 35.2. The molecule has 0 fully saturated rings. The van der Waals surface area contributed by atoms with Crippen molar-refractivity contribution in [3.8, 4) is 124 Å². The van der Waals surface area contributed by atoms with Crippen LogP contribution in [-0.2, 0) is 0 Å². The topological polar surface area (TPSA) is 176 Å². The molecule has 10 aromatic heterocycles. The quantitative estimate of drug-likeness (QED) is 0.107. The molecule has 148 heavy (non-hydrogen) atoms. The molecule has 0 aliphatic rings. The normalized spacial score (nSPS) is 12.6. The molecule has 0 radical (unpaired) electrons. The van der Waals surface area contributed by atoms with Crippen LogP contribution >= 0.6 is 11.3 Å². The maximum atomic E-state index is 8.24. The molecule has 0 aliphatic heterocycles. The lowest BCUT2D eigenvalue weighted by molar-refractivity contribution is 0.619. The molecule has 0 saturated heterocycles. The van der Waals surface area contributed by atoms with Crippen LogP contribution in [0.2, 0.25) is 0 Å². The fourth-order valence-corrected chi connectivity index (χ4v) is 22.5. The Kier molecular flexibility index (Phi) is 18.9. The van der Waals surface area contributed by atoms with Crippen molar-refractivity contribution < 1.29 is 30.3 Å². The van der Waals surface area contributed by atoms with E-state index in [1.54, 1.807) is 42.5 Å². The van der Waals surface area contributed by atoms with E-state index in [1.165, 1.54) is 43.3 Å². The zero-order valence-corrected chi connectivity index (χ0v) is 81.0. The smallest absolute Gasteiger partial charge is 0.227 e. The third kappa shape index (κ3) is 15.0. The van der Waals surface area contributed by atoms with Gasteiger partial charge in [0.15, 0.2) is 27.9 Å². The van der Waals surface area contributed by atoms with Crippen molar-refractivity contribution in [2.75, 3.05) is 0 Å². The molecular formula is C131H87N11O5S. The van der Waals surface area contributed by atoms with E-state index in [0.717, 1.165) is 199 Å². The molecule has 0 amide bonds. The number of para-hydroxylation sites is 12. The van der Waals surface area contributed by atoms with Crippen LogP contribution in [-0.4, -0.2) is 53.2 Å². The van der Waals surface area contributed by atoms with Gasteiger partial charge in [-0.25, -0.2) is 34.9 Å². The largest absolute Gasteiger partial charge is 0.436 e. The average molecular weight is 1930 g/mol. The molecule has 30 aromatic rings. The molecule has 16 nitrogen and oxygen atoms in total. The molecule has 0 aliphatic carbocycles. The van der Waals surface area contributed by atoms with Gasteiger partial charge in [-0.05, 0) is 344 Å². The second kappa shape index (κ2) is 34.8. The molecule has 702 valence electrons. The first-order valence-electron chi connectivity index (χ1n) is 52.1. The summed E-state index contributed by atoms with van der Waals surface area (Å²) in [7, 11) is 0. The second-order valence-electron chi connectivity index (χ2n) is 37.8. The van der Waals surface area contributed by atoms with Crippen molar-refractivity contribution in [2.45, 2.75) is 41.4 Å². The maximum Gasteiger partial charge on any atom is 0.227 e. The van der Waals surface area contributed by atoms with Gasteiger partial charge in [-0.15, -0.1) is 11.3 Å². The molecule has 30 rings (SSSR count). The van der Waals surface area contributed by atoms with Crippen molar-refractivity contribution in [3.63, 3.8) is 0 Å². The van der Waals surface area contributed by atoms with Crippen LogP contribution in [0.15, 0.2) is 441 Å². The third-order valence-electron chi connectivity index (χ3n) is 28.3. The number of hydrogen-bond donors (Lipinski definition) is 0. The highest BCUT2D eigenvalue weighted by molar-refractivity contribution is 7.21. The van der Waals surface area contributed by atoms with Gasteiger partial charge in [-0.3, -0.25) is 9.13 Å². The van der Waals surface area contributed by atoms with Gasteiger partial charge in [0.2, 0.25) is 35.4 Å².